The smallest absolute Gasteiger partial charge is 0.410 e. The molecule has 2 N–H and O–H groups in total. The average molecular weight is 264 g/mol. The molecule has 1 rings (SSSR count). The average Bonchev–Trinajstić information content (AvgIpc) is 2.06. The Morgan fingerprint density at radius 1 is 1.39 bits per heavy atom. The quantitative estimate of drug-likeness (QED) is 0.850. The molecule has 0 radical (unpaired) electrons. The van der Waals surface area contributed by atoms with E-state index in [0.29, 0.717) is 13.1 Å². The Hall–Kier alpha value is -0.910. The van der Waals surface area contributed by atoms with Crippen LogP contribution in [0.5, 0.6) is 0 Å². The third kappa shape index (κ3) is 4.08. The van der Waals surface area contributed by atoms with Crippen molar-refractivity contribution in [1.82, 2.24) is 4.90 Å². The van der Waals surface area contributed by atoms with E-state index in [1.807, 2.05) is 0 Å². The largest absolute Gasteiger partial charge is 0.444 e. The molecular weight excluding hydrogens is 242 g/mol. The van der Waals surface area contributed by atoms with Gasteiger partial charge in [-0.15, -0.1) is 0 Å². The van der Waals surface area contributed by atoms with Crippen molar-refractivity contribution in [2.75, 3.05) is 13.1 Å². The molecule has 1 aliphatic heterocycles. The number of nitrogens with two attached hydrogens (primary N) is 1. The Kier molecular flexibility index (Phi) is 4.20. The van der Waals surface area contributed by atoms with E-state index in [1.54, 1.807) is 20.8 Å². The predicted molar refractivity (Wildman–Crippen MR) is 64.5 cm³/mol. The van der Waals surface area contributed by atoms with Crippen molar-refractivity contribution >= 4 is 6.09 Å². The lowest BCUT2D eigenvalue weighted by Gasteiger charge is -2.42. The fourth-order valence-electron chi connectivity index (χ4n) is 1.89. The molecule has 18 heavy (non-hydrogen) atoms. The zero-order valence-corrected chi connectivity index (χ0v) is 11.4. The highest BCUT2D eigenvalue weighted by Crippen LogP contribution is 2.28. The van der Waals surface area contributed by atoms with E-state index < -0.39 is 23.7 Å². The molecule has 0 saturated carbocycles. The van der Waals surface area contributed by atoms with Crippen LogP contribution in [0.25, 0.3) is 0 Å². The van der Waals surface area contributed by atoms with Crippen LogP contribution < -0.4 is 5.73 Å². The summed E-state index contributed by atoms with van der Waals surface area (Å²) in [6.45, 7) is 7.58. The number of halogens is 2. The fraction of sp³-hybridized carbons (Fsp3) is 0.917. The molecule has 0 spiro atoms. The number of hydrogen-bond donors (Lipinski definition) is 1. The Morgan fingerprint density at radius 2 is 1.89 bits per heavy atom. The summed E-state index contributed by atoms with van der Waals surface area (Å²) in [5.41, 5.74) is 3.49. The van der Waals surface area contributed by atoms with E-state index in [9.17, 15) is 13.6 Å². The topological polar surface area (TPSA) is 55.6 Å². The SMILES string of the molecule is CC(C)(C)OC(=O)N1CC(CC(C)(N)C(F)F)C1. The van der Waals surface area contributed by atoms with Gasteiger partial charge in [-0.25, -0.2) is 13.6 Å². The summed E-state index contributed by atoms with van der Waals surface area (Å²) >= 11 is 0. The molecule has 4 nitrogen and oxygen atoms in total. The standard InChI is InChI=1S/C12H22F2N2O2/c1-11(2,3)18-10(17)16-6-8(7-16)5-12(4,15)9(13)14/h8-9H,5-7,15H2,1-4H3. The van der Waals surface area contributed by atoms with Crippen molar-refractivity contribution < 1.29 is 18.3 Å². The number of rotatable bonds is 3. The molecule has 1 aliphatic rings. The number of carbonyl (C=O) groups is 1. The van der Waals surface area contributed by atoms with E-state index in [-0.39, 0.29) is 12.3 Å². The first-order valence-electron chi connectivity index (χ1n) is 6.06. The van der Waals surface area contributed by atoms with Gasteiger partial charge in [0.05, 0.1) is 5.54 Å². The van der Waals surface area contributed by atoms with E-state index in [4.69, 9.17) is 10.5 Å². The molecule has 106 valence electrons. The minimum absolute atomic E-state index is 0.0292. The molecule has 1 amide bonds. The highest BCUT2D eigenvalue weighted by molar-refractivity contribution is 5.69. The molecule has 1 saturated heterocycles. The monoisotopic (exact) mass is 264 g/mol. The van der Waals surface area contributed by atoms with E-state index in [1.165, 1.54) is 11.8 Å². The number of carbonyl (C=O) groups excluding carboxylic acids is 1. The molecule has 0 aliphatic carbocycles. The lowest BCUT2D eigenvalue weighted by atomic mass is 9.85. The van der Waals surface area contributed by atoms with E-state index in [0.717, 1.165) is 0 Å². The highest BCUT2D eigenvalue weighted by atomic mass is 19.3. The van der Waals surface area contributed by atoms with Gasteiger partial charge in [0.25, 0.3) is 6.43 Å². The lowest BCUT2D eigenvalue weighted by molar-refractivity contribution is -0.0155. The molecule has 1 heterocycles. The Morgan fingerprint density at radius 3 is 2.28 bits per heavy atom. The van der Waals surface area contributed by atoms with Gasteiger partial charge in [-0.1, -0.05) is 0 Å². The van der Waals surface area contributed by atoms with E-state index >= 15 is 0 Å². The van der Waals surface area contributed by atoms with Gasteiger partial charge in [-0.05, 0) is 40.0 Å². The summed E-state index contributed by atoms with van der Waals surface area (Å²) in [4.78, 5) is 13.1. The van der Waals surface area contributed by atoms with Crippen LogP contribution in [0.2, 0.25) is 0 Å². The maximum Gasteiger partial charge on any atom is 0.410 e. The van der Waals surface area contributed by atoms with Gasteiger partial charge in [-0.3, -0.25) is 0 Å². The molecule has 6 heteroatoms. The summed E-state index contributed by atoms with van der Waals surface area (Å²) in [5, 5.41) is 0. The van der Waals surface area contributed by atoms with Crippen LogP contribution in [0.1, 0.15) is 34.1 Å². The van der Waals surface area contributed by atoms with Crippen LogP contribution in [-0.2, 0) is 4.74 Å². The Balaban J connectivity index is 2.34. The molecule has 1 fully saturated rings. The third-order valence-electron chi connectivity index (χ3n) is 2.84. The van der Waals surface area contributed by atoms with E-state index in [2.05, 4.69) is 0 Å². The van der Waals surface area contributed by atoms with Gasteiger partial charge >= 0.3 is 6.09 Å². The van der Waals surface area contributed by atoms with Gasteiger partial charge in [-0.2, -0.15) is 0 Å². The minimum Gasteiger partial charge on any atom is -0.444 e. The van der Waals surface area contributed by atoms with Gasteiger partial charge in [0.1, 0.15) is 5.60 Å². The third-order valence-corrected chi connectivity index (χ3v) is 2.84. The fourth-order valence-corrected chi connectivity index (χ4v) is 1.89. The molecule has 0 aromatic rings. The van der Waals surface area contributed by atoms with Crippen LogP contribution in [0, 0.1) is 5.92 Å². The Labute approximate surface area is 106 Å². The number of hydrogen-bond acceptors (Lipinski definition) is 3. The summed E-state index contributed by atoms with van der Waals surface area (Å²) < 4.78 is 30.3. The lowest BCUT2D eigenvalue weighted by Crippen LogP contribution is -2.56. The van der Waals surface area contributed by atoms with Crippen LogP contribution in [0.3, 0.4) is 0 Å². The van der Waals surface area contributed by atoms with Gasteiger partial charge < -0.3 is 15.4 Å². The highest BCUT2D eigenvalue weighted by Gasteiger charge is 2.40. The minimum atomic E-state index is -2.55. The number of amides is 1. The maximum absolute atomic E-state index is 12.6. The second kappa shape index (κ2) is 4.99. The van der Waals surface area contributed by atoms with Crippen molar-refractivity contribution in [2.24, 2.45) is 11.7 Å². The van der Waals surface area contributed by atoms with Crippen LogP contribution in [-0.4, -0.2) is 41.6 Å². The number of likely N-dealkylation sites (tertiary alicyclic amines) is 1. The van der Waals surface area contributed by atoms with Crippen molar-refractivity contribution in [2.45, 2.75) is 51.7 Å². The molecular formula is C12H22F2N2O2. The summed E-state index contributed by atoms with van der Waals surface area (Å²) in [6.07, 6.45) is -2.73. The first kappa shape index (κ1) is 15.1. The first-order chi connectivity index (χ1) is 8.01. The zero-order chi connectivity index (χ0) is 14.1. The second-order valence-corrected chi connectivity index (χ2v) is 6.26. The van der Waals surface area contributed by atoms with Crippen molar-refractivity contribution in [3.05, 3.63) is 0 Å². The van der Waals surface area contributed by atoms with Crippen LogP contribution in [0.4, 0.5) is 13.6 Å². The van der Waals surface area contributed by atoms with Crippen molar-refractivity contribution in [1.29, 1.82) is 0 Å². The summed E-state index contributed by atoms with van der Waals surface area (Å²) in [5.74, 6) is 0.0292. The predicted octanol–water partition coefficient (Wildman–Crippen LogP) is 2.23. The molecule has 0 aromatic heterocycles. The Bertz CT molecular complexity index is 308. The number of alkyl halides is 2. The summed E-state index contributed by atoms with van der Waals surface area (Å²) in [7, 11) is 0. The maximum atomic E-state index is 12.6. The van der Waals surface area contributed by atoms with Crippen molar-refractivity contribution in [3.8, 4) is 0 Å². The van der Waals surface area contributed by atoms with Gasteiger partial charge in [0, 0.05) is 13.1 Å². The van der Waals surface area contributed by atoms with Crippen LogP contribution in [0.15, 0.2) is 0 Å². The summed E-state index contributed by atoms with van der Waals surface area (Å²) in [6, 6.07) is 0. The normalized spacial score (nSPS) is 20.6. The van der Waals surface area contributed by atoms with Crippen LogP contribution >= 0.6 is 0 Å². The zero-order valence-electron chi connectivity index (χ0n) is 11.4. The van der Waals surface area contributed by atoms with Gasteiger partial charge in [0.2, 0.25) is 0 Å². The van der Waals surface area contributed by atoms with Crippen molar-refractivity contribution in [3.63, 3.8) is 0 Å². The molecule has 0 bridgehead atoms. The first-order valence-corrected chi connectivity index (χ1v) is 6.06. The molecule has 1 atom stereocenters. The second-order valence-electron chi connectivity index (χ2n) is 6.26. The van der Waals surface area contributed by atoms with Gasteiger partial charge in [0.15, 0.2) is 0 Å². The number of ether oxygens (including phenoxy) is 1. The molecule has 0 aromatic carbocycles. The molecule has 1 unspecified atom stereocenters. The number of nitrogens with zero attached hydrogens (tertiary/aromatic N) is 1.